The topological polar surface area (TPSA) is 52.6 Å². The predicted octanol–water partition coefficient (Wildman–Crippen LogP) is 6.24. The average molecular weight is 391 g/mol. The van der Waals surface area contributed by atoms with Gasteiger partial charge in [0.1, 0.15) is 13.2 Å². The van der Waals surface area contributed by atoms with Crippen molar-refractivity contribution in [3.8, 4) is 0 Å². The third kappa shape index (κ3) is 18.7. The van der Waals surface area contributed by atoms with Crippen LogP contribution in [0.2, 0.25) is 0 Å². The molecule has 0 aliphatic rings. The number of carbonyl (C=O) groups is 2. The molecule has 0 aliphatic heterocycles. The summed E-state index contributed by atoms with van der Waals surface area (Å²) in [5.41, 5.74) is 0.342. The fourth-order valence-electron chi connectivity index (χ4n) is 2.37. The van der Waals surface area contributed by atoms with Gasteiger partial charge >= 0.3 is 11.9 Å². The van der Waals surface area contributed by atoms with Crippen molar-refractivity contribution >= 4 is 11.9 Å². The quantitative estimate of drug-likeness (QED) is 0.128. The van der Waals surface area contributed by atoms with E-state index in [9.17, 15) is 9.59 Å². The van der Waals surface area contributed by atoms with Crippen LogP contribution >= 0.6 is 0 Å². The van der Waals surface area contributed by atoms with Crippen molar-refractivity contribution in [3.63, 3.8) is 0 Å². The first-order valence-electron chi connectivity index (χ1n) is 10.5. The molecule has 0 saturated heterocycles. The zero-order valence-corrected chi connectivity index (χ0v) is 17.8. The Bertz CT molecular complexity index is 515. The zero-order chi connectivity index (χ0) is 20.9. The minimum Gasteiger partial charge on any atom is -0.462 e. The molecule has 0 fully saturated rings. The Hall–Kier alpha value is -2.10. The number of esters is 2. The summed E-state index contributed by atoms with van der Waals surface area (Å²) >= 11 is 0. The lowest BCUT2D eigenvalue weighted by atomic mass is 10.1. The van der Waals surface area contributed by atoms with Gasteiger partial charge in [-0.05, 0) is 45.4 Å². The van der Waals surface area contributed by atoms with E-state index in [0.717, 1.165) is 44.9 Å². The van der Waals surface area contributed by atoms with Gasteiger partial charge in [0, 0.05) is 12.0 Å². The molecule has 0 aromatic heterocycles. The normalized spacial score (nSPS) is 11.5. The SMILES string of the molecule is C=C(C)C(=O)OCCOC(=O)CCCCCCC/C=C/C/C=C/C/C=C\CC. The number of ether oxygens (including phenoxy) is 2. The lowest BCUT2D eigenvalue weighted by molar-refractivity contribution is -0.150. The van der Waals surface area contributed by atoms with Gasteiger partial charge in [0.2, 0.25) is 0 Å². The summed E-state index contributed by atoms with van der Waals surface area (Å²) in [6.07, 6.45) is 23.4. The lowest BCUT2D eigenvalue weighted by Crippen LogP contribution is -2.14. The van der Waals surface area contributed by atoms with Crippen molar-refractivity contribution in [2.75, 3.05) is 13.2 Å². The maximum atomic E-state index is 11.6. The van der Waals surface area contributed by atoms with Crippen molar-refractivity contribution in [1.29, 1.82) is 0 Å². The molecule has 0 spiro atoms. The number of hydrogen-bond acceptors (Lipinski definition) is 4. The Morgan fingerprint density at radius 3 is 2.04 bits per heavy atom. The predicted molar refractivity (Wildman–Crippen MR) is 116 cm³/mol. The highest BCUT2D eigenvalue weighted by Crippen LogP contribution is 2.08. The molecule has 0 aliphatic carbocycles. The van der Waals surface area contributed by atoms with Crippen LogP contribution < -0.4 is 0 Å². The Labute approximate surface area is 171 Å². The molecular formula is C24H38O4. The van der Waals surface area contributed by atoms with Crippen LogP contribution in [0.15, 0.2) is 48.6 Å². The average Bonchev–Trinajstić information content (AvgIpc) is 2.68. The summed E-state index contributed by atoms with van der Waals surface area (Å²) in [4.78, 5) is 22.7. The molecule has 0 unspecified atom stereocenters. The van der Waals surface area contributed by atoms with Gasteiger partial charge < -0.3 is 9.47 Å². The van der Waals surface area contributed by atoms with Crippen LogP contribution in [0.3, 0.4) is 0 Å². The third-order valence-electron chi connectivity index (χ3n) is 3.96. The number of rotatable bonds is 17. The van der Waals surface area contributed by atoms with Crippen LogP contribution in [-0.2, 0) is 19.1 Å². The maximum Gasteiger partial charge on any atom is 0.333 e. The summed E-state index contributed by atoms with van der Waals surface area (Å²) in [6.45, 7) is 7.39. The highest BCUT2D eigenvalue weighted by Gasteiger charge is 2.05. The van der Waals surface area contributed by atoms with Gasteiger partial charge in [0.25, 0.3) is 0 Å². The molecule has 4 heteroatoms. The van der Waals surface area contributed by atoms with Gasteiger partial charge in [-0.1, -0.05) is 69.2 Å². The van der Waals surface area contributed by atoms with Crippen molar-refractivity contribution in [3.05, 3.63) is 48.6 Å². The van der Waals surface area contributed by atoms with Crippen LogP contribution in [0, 0.1) is 0 Å². The Morgan fingerprint density at radius 1 is 0.786 bits per heavy atom. The first-order valence-corrected chi connectivity index (χ1v) is 10.5. The number of carbonyl (C=O) groups excluding carboxylic acids is 2. The van der Waals surface area contributed by atoms with Crippen molar-refractivity contribution < 1.29 is 19.1 Å². The van der Waals surface area contributed by atoms with E-state index in [4.69, 9.17) is 9.47 Å². The molecule has 0 rings (SSSR count). The van der Waals surface area contributed by atoms with Gasteiger partial charge in [-0.15, -0.1) is 0 Å². The lowest BCUT2D eigenvalue weighted by Gasteiger charge is -2.06. The van der Waals surface area contributed by atoms with Gasteiger partial charge in [-0.2, -0.15) is 0 Å². The third-order valence-corrected chi connectivity index (χ3v) is 3.96. The van der Waals surface area contributed by atoms with Crippen LogP contribution in [-0.4, -0.2) is 25.2 Å². The Balaban J connectivity index is 3.39. The van der Waals surface area contributed by atoms with E-state index < -0.39 is 5.97 Å². The van der Waals surface area contributed by atoms with Crippen molar-refractivity contribution in [2.45, 2.75) is 78.1 Å². The first-order chi connectivity index (χ1) is 13.6. The summed E-state index contributed by atoms with van der Waals surface area (Å²) in [7, 11) is 0. The van der Waals surface area contributed by atoms with Crippen LogP contribution in [0.1, 0.15) is 78.1 Å². The van der Waals surface area contributed by atoms with Crippen LogP contribution in [0.4, 0.5) is 0 Å². The van der Waals surface area contributed by atoms with E-state index in [0.29, 0.717) is 12.0 Å². The molecule has 0 amide bonds. The molecule has 0 N–H and O–H groups in total. The first kappa shape index (κ1) is 25.9. The molecule has 28 heavy (non-hydrogen) atoms. The van der Waals surface area contributed by atoms with E-state index in [1.54, 1.807) is 6.92 Å². The van der Waals surface area contributed by atoms with Gasteiger partial charge in [0.05, 0.1) is 0 Å². The van der Waals surface area contributed by atoms with E-state index in [1.165, 1.54) is 12.8 Å². The highest BCUT2D eigenvalue weighted by atomic mass is 16.6. The maximum absolute atomic E-state index is 11.6. The monoisotopic (exact) mass is 390 g/mol. The number of unbranched alkanes of at least 4 members (excludes halogenated alkanes) is 5. The van der Waals surface area contributed by atoms with Crippen molar-refractivity contribution in [2.24, 2.45) is 0 Å². The molecule has 0 bridgehead atoms. The molecule has 0 radical (unpaired) electrons. The fraction of sp³-hybridized carbons (Fsp3) is 0.583. The van der Waals surface area contributed by atoms with Gasteiger partial charge in [-0.3, -0.25) is 4.79 Å². The second-order valence-electron chi connectivity index (χ2n) is 6.74. The molecule has 0 saturated carbocycles. The standard InChI is InChI=1S/C24H38O4/c1-4-5-6-7-8-9-10-11-12-13-14-15-16-17-18-19-23(25)27-20-21-28-24(26)22(2)3/h5-6,8-9,11-12H,2,4,7,10,13-21H2,1,3H3/b6-5-,9-8+,12-11+. The largest absolute Gasteiger partial charge is 0.462 e. The molecule has 0 atom stereocenters. The molecule has 0 heterocycles. The van der Waals surface area contributed by atoms with Crippen LogP contribution in [0.5, 0.6) is 0 Å². The fourth-order valence-corrected chi connectivity index (χ4v) is 2.37. The van der Waals surface area contributed by atoms with Crippen LogP contribution in [0.25, 0.3) is 0 Å². The molecule has 0 aromatic rings. The minimum atomic E-state index is -0.456. The summed E-state index contributed by atoms with van der Waals surface area (Å²) < 4.78 is 9.88. The van der Waals surface area contributed by atoms with E-state index >= 15 is 0 Å². The van der Waals surface area contributed by atoms with E-state index in [2.05, 4.69) is 50.0 Å². The highest BCUT2D eigenvalue weighted by molar-refractivity contribution is 5.86. The number of allylic oxidation sites excluding steroid dienone is 6. The van der Waals surface area contributed by atoms with E-state index in [-0.39, 0.29) is 19.2 Å². The number of hydrogen-bond donors (Lipinski definition) is 0. The molecule has 0 aromatic carbocycles. The molecule has 4 nitrogen and oxygen atoms in total. The second-order valence-corrected chi connectivity index (χ2v) is 6.74. The van der Waals surface area contributed by atoms with Gasteiger partial charge in [0.15, 0.2) is 0 Å². The summed E-state index contributed by atoms with van der Waals surface area (Å²) in [5, 5.41) is 0. The zero-order valence-electron chi connectivity index (χ0n) is 17.8. The van der Waals surface area contributed by atoms with Crippen molar-refractivity contribution in [1.82, 2.24) is 0 Å². The molecule has 158 valence electrons. The van der Waals surface area contributed by atoms with E-state index in [1.807, 2.05) is 0 Å². The minimum absolute atomic E-state index is 0.0800. The Morgan fingerprint density at radius 2 is 1.36 bits per heavy atom. The molecular weight excluding hydrogens is 352 g/mol. The summed E-state index contributed by atoms with van der Waals surface area (Å²) in [6, 6.07) is 0. The smallest absolute Gasteiger partial charge is 0.333 e. The van der Waals surface area contributed by atoms with Gasteiger partial charge in [-0.25, -0.2) is 4.79 Å². The Kier molecular flexibility index (Phi) is 18.2. The summed E-state index contributed by atoms with van der Waals surface area (Å²) in [5.74, 6) is -0.685. The second kappa shape index (κ2) is 19.7.